The Kier molecular flexibility index (Phi) is 6.86. The van der Waals surface area contributed by atoms with Crippen LogP contribution >= 0.6 is 12.4 Å². The summed E-state index contributed by atoms with van der Waals surface area (Å²) in [4.78, 5) is 12.3. The van der Waals surface area contributed by atoms with Crippen LogP contribution in [0.3, 0.4) is 0 Å². The van der Waals surface area contributed by atoms with Crippen molar-refractivity contribution >= 4 is 34.0 Å². The lowest BCUT2D eigenvalue weighted by atomic mass is 10.1. The van der Waals surface area contributed by atoms with E-state index in [9.17, 15) is 13.2 Å². The van der Waals surface area contributed by atoms with Crippen molar-refractivity contribution in [1.29, 1.82) is 0 Å². The molecule has 2 aromatic carbocycles. The van der Waals surface area contributed by atoms with Crippen LogP contribution in [0.1, 0.15) is 27.9 Å². The highest BCUT2D eigenvalue weighted by atomic mass is 35.5. The second kappa shape index (κ2) is 8.73. The zero-order chi connectivity index (χ0) is 18.7. The topological polar surface area (TPSA) is 87.3 Å². The number of carbonyl (C=O) groups is 1. The first-order valence-electron chi connectivity index (χ1n) is 8.57. The first-order chi connectivity index (χ1) is 12.3. The molecule has 0 bridgehead atoms. The summed E-state index contributed by atoms with van der Waals surface area (Å²) in [5.74, 6) is -0.190. The van der Waals surface area contributed by atoms with E-state index in [0.717, 1.165) is 30.6 Å². The average molecular weight is 410 g/mol. The molecule has 27 heavy (non-hydrogen) atoms. The van der Waals surface area contributed by atoms with E-state index in [2.05, 4.69) is 15.4 Å². The van der Waals surface area contributed by atoms with Crippen LogP contribution in [0.2, 0.25) is 0 Å². The number of hydrogen-bond acceptors (Lipinski definition) is 4. The van der Waals surface area contributed by atoms with Gasteiger partial charge >= 0.3 is 0 Å². The molecule has 1 aliphatic heterocycles. The van der Waals surface area contributed by atoms with Crippen LogP contribution in [0, 0.1) is 13.8 Å². The predicted octanol–water partition coefficient (Wildman–Crippen LogP) is 2.62. The van der Waals surface area contributed by atoms with Crippen molar-refractivity contribution < 1.29 is 13.2 Å². The summed E-state index contributed by atoms with van der Waals surface area (Å²) in [6.45, 7) is 5.56. The molecule has 1 saturated heterocycles. The van der Waals surface area contributed by atoms with Gasteiger partial charge in [0.25, 0.3) is 15.9 Å². The Labute approximate surface area is 166 Å². The van der Waals surface area contributed by atoms with Crippen LogP contribution in [-0.4, -0.2) is 33.5 Å². The minimum Gasteiger partial charge on any atom is -0.348 e. The van der Waals surface area contributed by atoms with E-state index in [-0.39, 0.29) is 29.3 Å². The second-order valence-electron chi connectivity index (χ2n) is 6.59. The van der Waals surface area contributed by atoms with Crippen molar-refractivity contribution in [3.63, 3.8) is 0 Å². The number of aryl methyl sites for hydroxylation is 2. The first kappa shape index (κ1) is 21.2. The first-order valence-corrected chi connectivity index (χ1v) is 10.1. The fraction of sp³-hybridized carbons (Fsp3) is 0.316. The molecule has 1 aliphatic rings. The molecule has 3 rings (SSSR count). The van der Waals surface area contributed by atoms with Gasteiger partial charge in [0.15, 0.2) is 0 Å². The number of hydrogen-bond donors (Lipinski definition) is 3. The summed E-state index contributed by atoms with van der Waals surface area (Å²) in [5.41, 5.74) is 3.07. The van der Waals surface area contributed by atoms with E-state index in [4.69, 9.17) is 0 Å². The summed E-state index contributed by atoms with van der Waals surface area (Å²) in [6.07, 6.45) is 0.901. The SMILES string of the molecule is Cc1ccc(NS(=O)(=O)c2ccc(C(=O)NC3CCNC3)cc2)cc1C.Cl. The van der Waals surface area contributed by atoms with E-state index in [1.807, 2.05) is 19.9 Å². The molecule has 1 atom stereocenters. The van der Waals surface area contributed by atoms with Crippen LogP contribution in [-0.2, 0) is 10.0 Å². The third-order valence-corrected chi connectivity index (χ3v) is 5.98. The Hall–Kier alpha value is -2.09. The average Bonchev–Trinajstić information content (AvgIpc) is 3.11. The van der Waals surface area contributed by atoms with Crippen molar-refractivity contribution in [1.82, 2.24) is 10.6 Å². The van der Waals surface area contributed by atoms with Crippen molar-refractivity contribution in [3.05, 3.63) is 59.2 Å². The summed E-state index contributed by atoms with van der Waals surface area (Å²) in [6, 6.07) is 11.5. The molecule has 8 heteroatoms. The van der Waals surface area contributed by atoms with Crippen molar-refractivity contribution in [2.24, 2.45) is 0 Å². The van der Waals surface area contributed by atoms with E-state index in [0.29, 0.717) is 11.3 Å². The minimum atomic E-state index is -3.70. The van der Waals surface area contributed by atoms with Gasteiger partial charge in [-0.05, 0) is 74.3 Å². The Balaban J connectivity index is 0.00000261. The van der Waals surface area contributed by atoms with E-state index >= 15 is 0 Å². The predicted molar refractivity (Wildman–Crippen MR) is 109 cm³/mol. The Morgan fingerprint density at radius 3 is 2.37 bits per heavy atom. The van der Waals surface area contributed by atoms with Gasteiger partial charge < -0.3 is 10.6 Å². The molecule has 0 aliphatic carbocycles. The number of nitrogens with one attached hydrogen (secondary N) is 3. The molecule has 0 spiro atoms. The molecule has 0 aromatic heterocycles. The molecule has 1 fully saturated rings. The molecule has 0 saturated carbocycles. The van der Waals surface area contributed by atoms with Crippen LogP contribution in [0.5, 0.6) is 0 Å². The number of halogens is 1. The Morgan fingerprint density at radius 2 is 1.78 bits per heavy atom. The molecular formula is C19H24ClN3O3S. The number of sulfonamides is 1. The lowest BCUT2D eigenvalue weighted by molar-refractivity contribution is 0.0940. The summed E-state index contributed by atoms with van der Waals surface area (Å²) in [7, 11) is -3.70. The van der Waals surface area contributed by atoms with E-state index < -0.39 is 10.0 Å². The third-order valence-electron chi connectivity index (χ3n) is 4.58. The highest BCUT2D eigenvalue weighted by Gasteiger charge is 2.19. The lowest BCUT2D eigenvalue weighted by Crippen LogP contribution is -2.36. The largest absolute Gasteiger partial charge is 0.348 e. The van der Waals surface area contributed by atoms with Crippen LogP contribution in [0.4, 0.5) is 5.69 Å². The summed E-state index contributed by atoms with van der Waals surface area (Å²) >= 11 is 0. The number of carbonyl (C=O) groups excluding carboxylic acids is 1. The summed E-state index contributed by atoms with van der Waals surface area (Å²) in [5, 5.41) is 6.12. The smallest absolute Gasteiger partial charge is 0.261 e. The second-order valence-corrected chi connectivity index (χ2v) is 8.27. The number of amides is 1. The zero-order valence-corrected chi connectivity index (χ0v) is 16.9. The van der Waals surface area contributed by atoms with E-state index in [1.165, 1.54) is 24.3 Å². The van der Waals surface area contributed by atoms with Crippen LogP contribution in [0.15, 0.2) is 47.4 Å². The van der Waals surface area contributed by atoms with Gasteiger partial charge in [-0.3, -0.25) is 9.52 Å². The summed E-state index contributed by atoms with van der Waals surface area (Å²) < 4.78 is 27.6. The third kappa shape index (κ3) is 5.22. The van der Waals surface area contributed by atoms with Crippen LogP contribution < -0.4 is 15.4 Å². The van der Waals surface area contributed by atoms with Gasteiger partial charge in [-0.1, -0.05) is 6.07 Å². The lowest BCUT2D eigenvalue weighted by Gasteiger charge is -2.12. The fourth-order valence-corrected chi connectivity index (χ4v) is 3.90. The van der Waals surface area contributed by atoms with Gasteiger partial charge in [-0.25, -0.2) is 8.42 Å². The maximum absolute atomic E-state index is 12.5. The van der Waals surface area contributed by atoms with Crippen LogP contribution in [0.25, 0.3) is 0 Å². The maximum Gasteiger partial charge on any atom is 0.261 e. The Bertz CT molecular complexity index is 908. The zero-order valence-electron chi connectivity index (χ0n) is 15.3. The highest BCUT2D eigenvalue weighted by Crippen LogP contribution is 2.19. The standard InChI is InChI=1S/C19H23N3O3S.ClH/c1-13-3-6-16(11-14(13)2)22-26(24,25)18-7-4-15(5-8-18)19(23)21-17-9-10-20-12-17;/h3-8,11,17,20,22H,9-10,12H2,1-2H3,(H,21,23);1H. The van der Waals surface area contributed by atoms with Gasteiger partial charge in [0, 0.05) is 23.8 Å². The minimum absolute atomic E-state index is 0. The van der Waals surface area contributed by atoms with Crippen molar-refractivity contribution in [3.8, 4) is 0 Å². The van der Waals surface area contributed by atoms with Gasteiger partial charge in [-0.15, -0.1) is 12.4 Å². The molecule has 2 aromatic rings. The normalized spacial score (nSPS) is 16.4. The quantitative estimate of drug-likeness (QED) is 0.708. The molecule has 1 unspecified atom stereocenters. The molecular weight excluding hydrogens is 386 g/mol. The fourth-order valence-electron chi connectivity index (χ4n) is 2.85. The van der Waals surface area contributed by atoms with Gasteiger partial charge in [-0.2, -0.15) is 0 Å². The van der Waals surface area contributed by atoms with Gasteiger partial charge in [0.05, 0.1) is 4.90 Å². The molecule has 0 radical (unpaired) electrons. The monoisotopic (exact) mass is 409 g/mol. The number of anilines is 1. The Morgan fingerprint density at radius 1 is 1.07 bits per heavy atom. The maximum atomic E-state index is 12.5. The number of benzene rings is 2. The van der Waals surface area contributed by atoms with Crippen molar-refractivity contribution in [2.75, 3.05) is 17.8 Å². The molecule has 1 amide bonds. The molecule has 1 heterocycles. The molecule has 3 N–H and O–H groups in total. The molecule has 146 valence electrons. The molecule has 6 nitrogen and oxygen atoms in total. The van der Waals surface area contributed by atoms with E-state index in [1.54, 1.807) is 12.1 Å². The van der Waals surface area contributed by atoms with Gasteiger partial charge in [0.1, 0.15) is 0 Å². The highest BCUT2D eigenvalue weighted by molar-refractivity contribution is 7.92. The number of rotatable bonds is 5. The van der Waals surface area contributed by atoms with Gasteiger partial charge in [0.2, 0.25) is 0 Å². The van der Waals surface area contributed by atoms with Crippen molar-refractivity contribution in [2.45, 2.75) is 31.2 Å².